The number of amides is 1. The number of ether oxygens (including phenoxy) is 2. The minimum atomic E-state index is -0.433. The van der Waals surface area contributed by atoms with Crippen LogP contribution in [-0.2, 0) is 14.3 Å². The van der Waals surface area contributed by atoms with E-state index in [-0.39, 0.29) is 5.91 Å². The summed E-state index contributed by atoms with van der Waals surface area (Å²) in [6, 6.07) is 3.70. The molecule has 0 aromatic carbocycles. The summed E-state index contributed by atoms with van der Waals surface area (Å²) in [5.74, 6) is -0.215. The lowest BCUT2D eigenvalue weighted by atomic mass is 9.80. The fourth-order valence-electron chi connectivity index (χ4n) is 3.39. The minimum Gasteiger partial charge on any atom is -0.347 e. The number of nitrogens with one attached hydrogen (secondary N) is 1. The number of carbonyl (C=O) groups excluding carboxylic acids is 1. The van der Waals surface area contributed by atoms with E-state index in [1.807, 2.05) is 12.1 Å². The van der Waals surface area contributed by atoms with E-state index < -0.39 is 5.79 Å². The Morgan fingerprint density at radius 3 is 3.09 bits per heavy atom. The summed E-state index contributed by atoms with van der Waals surface area (Å²) in [5.41, 5.74) is 3.42. The monoisotopic (exact) mass is 317 g/mol. The van der Waals surface area contributed by atoms with E-state index in [1.165, 1.54) is 6.42 Å². The van der Waals surface area contributed by atoms with Gasteiger partial charge in [-0.3, -0.25) is 9.78 Å². The van der Waals surface area contributed by atoms with Gasteiger partial charge in [-0.15, -0.1) is 0 Å². The third-order valence-corrected chi connectivity index (χ3v) is 4.53. The molecule has 0 radical (unpaired) electrons. The Kier molecular flexibility index (Phi) is 5.35. The second-order valence-corrected chi connectivity index (χ2v) is 6.07. The van der Waals surface area contributed by atoms with Crippen molar-refractivity contribution in [2.24, 2.45) is 11.0 Å². The summed E-state index contributed by atoms with van der Waals surface area (Å²) >= 11 is 0. The highest BCUT2D eigenvalue weighted by Gasteiger charge is 2.45. The fraction of sp³-hybridized carbons (Fsp3) is 0.588. The highest BCUT2D eigenvalue weighted by molar-refractivity contribution is 5.81. The first-order chi connectivity index (χ1) is 11.3. The highest BCUT2D eigenvalue weighted by Crippen LogP contribution is 2.42. The van der Waals surface area contributed by atoms with Crippen LogP contribution in [0.15, 0.2) is 29.6 Å². The molecule has 1 unspecified atom stereocenters. The maximum atomic E-state index is 12.0. The summed E-state index contributed by atoms with van der Waals surface area (Å²) < 4.78 is 11.7. The Bertz CT molecular complexity index is 541. The molecule has 1 aromatic heterocycles. The molecule has 6 nitrogen and oxygen atoms in total. The zero-order valence-corrected chi connectivity index (χ0v) is 13.2. The van der Waals surface area contributed by atoms with E-state index in [2.05, 4.69) is 15.5 Å². The zero-order valence-electron chi connectivity index (χ0n) is 13.2. The van der Waals surface area contributed by atoms with Gasteiger partial charge in [-0.1, -0.05) is 12.5 Å². The number of hydrogen-bond acceptors (Lipinski definition) is 5. The number of hydrogen-bond donors (Lipinski definition) is 1. The van der Waals surface area contributed by atoms with E-state index in [0.717, 1.165) is 31.2 Å². The van der Waals surface area contributed by atoms with Gasteiger partial charge in [-0.25, -0.2) is 5.43 Å². The predicted molar refractivity (Wildman–Crippen MR) is 85.8 cm³/mol. The summed E-state index contributed by atoms with van der Waals surface area (Å²) in [6.07, 6.45) is 10.5. The smallest absolute Gasteiger partial charge is 0.240 e. The third-order valence-electron chi connectivity index (χ3n) is 4.53. The molecule has 1 aliphatic carbocycles. The molecule has 3 rings (SSSR count). The quantitative estimate of drug-likeness (QED) is 0.668. The summed E-state index contributed by atoms with van der Waals surface area (Å²) in [7, 11) is 0. The van der Waals surface area contributed by atoms with Gasteiger partial charge in [0.2, 0.25) is 5.91 Å². The van der Waals surface area contributed by atoms with Crippen molar-refractivity contribution in [1.29, 1.82) is 0 Å². The maximum Gasteiger partial charge on any atom is 0.240 e. The Hall–Kier alpha value is -1.79. The van der Waals surface area contributed by atoms with Gasteiger partial charge in [0.15, 0.2) is 5.79 Å². The maximum absolute atomic E-state index is 12.0. The van der Waals surface area contributed by atoms with Crippen molar-refractivity contribution < 1.29 is 14.3 Å². The number of carbonyl (C=O) groups is 1. The Labute approximate surface area is 136 Å². The van der Waals surface area contributed by atoms with Crippen molar-refractivity contribution in [2.75, 3.05) is 13.2 Å². The third kappa shape index (κ3) is 4.14. The largest absolute Gasteiger partial charge is 0.347 e. The summed E-state index contributed by atoms with van der Waals surface area (Å²) in [4.78, 5) is 15.9. The fourth-order valence-corrected chi connectivity index (χ4v) is 3.39. The molecule has 2 fully saturated rings. The van der Waals surface area contributed by atoms with Gasteiger partial charge in [0.1, 0.15) is 0 Å². The topological polar surface area (TPSA) is 72.8 Å². The normalized spacial score (nSPS) is 23.4. The molecule has 1 saturated carbocycles. The summed E-state index contributed by atoms with van der Waals surface area (Å²) in [6.45, 7) is 1.33. The molecule has 0 bridgehead atoms. The van der Waals surface area contributed by atoms with Crippen LogP contribution in [0.3, 0.4) is 0 Å². The molecule has 1 aliphatic heterocycles. The molecule has 6 heteroatoms. The highest BCUT2D eigenvalue weighted by atomic mass is 16.7. The van der Waals surface area contributed by atoms with Gasteiger partial charge in [0, 0.05) is 36.7 Å². The standard InChI is InChI=1S/C17H23N3O3/c21-16(20-19-13-14-4-3-9-18-12-14)7-6-15-5-1-2-8-17(15)22-10-11-23-17/h3-4,9,12-13,15H,1-2,5-8,10-11H2,(H,20,21). The molecule has 2 heterocycles. The Morgan fingerprint density at radius 1 is 1.43 bits per heavy atom. The molecule has 1 atom stereocenters. The number of nitrogens with zero attached hydrogens (tertiary/aromatic N) is 2. The van der Waals surface area contributed by atoms with E-state index in [9.17, 15) is 4.79 Å². The number of aromatic nitrogens is 1. The minimum absolute atomic E-state index is 0.0798. The first-order valence-electron chi connectivity index (χ1n) is 8.28. The van der Waals surface area contributed by atoms with Crippen LogP contribution in [0.2, 0.25) is 0 Å². The van der Waals surface area contributed by atoms with Crippen LogP contribution in [-0.4, -0.2) is 36.1 Å². The predicted octanol–water partition coefficient (Wildman–Crippen LogP) is 2.25. The SMILES string of the molecule is O=C(CCC1CCCCC12OCCO2)NN=Cc1cccnc1. The van der Waals surface area contributed by atoms with E-state index in [4.69, 9.17) is 9.47 Å². The van der Waals surface area contributed by atoms with Crippen molar-refractivity contribution in [3.63, 3.8) is 0 Å². The van der Waals surface area contributed by atoms with Gasteiger partial charge in [-0.2, -0.15) is 5.10 Å². The van der Waals surface area contributed by atoms with Crippen molar-refractivity contribution >= 4 is 12.1 Å². The van der Waals surface area contributed by atoms with Crippen LogP contribution in [0.1, 0.15) is 44.1 Å². The van der Waals surface area contributed by atoms with Crippen LogP contribution < -0.4 is 5.43 Å². The van der Waals surface area contributed by atoms with Crippen LogP contribution in [0.5, 0.6) is 0 Å². The van der Waals surface area contributed by atoms with Gasteiger partial charge in [-0.05, 0) is 25.3 Å². The van der Waals surface area contributed by atoms with E-state index in [1.54, 1.807) is 18.6 Å². The van der Waals surface area contributed by atoms with Crippen molar-refractivity contribution in [1.82, 2.24) is 10.4 Å². The van der Waals surface area contributed by atoms with Gasteiger partial charge < -0.3 is 9.47 Å². The van der Waals surface area contributed by atoms with Gasteiger partial charge in [0.25, 0.3) is 0 Å². The second kappa shape index (κ2) is 7.66. The molecule has 1 N–H and O–H groups in total. The van der Waals surface area contributed by atoms with Crippen LogP contribution in [0.4, 0.5) is 0 Å². The molecule has 1 aromatic rings. The van der Waals surface area contributed by atoms with E-state index >= 15 is 0 Å². The lowest BCUT2D eigenvalue weighted by Gasteiger charge is -2.39. The Balaban J connectivity index is 1.46. The van der Waals surface area contributed by atoms with E-state index in [0.29, 0.717) is 25.6 Å². The van der Waals surface area contributed by atoms with Crippen LogP contribution in [0, 0.1) is 5.92 Å². The lowest BCUT2D eigenvalue weighted by Crippen LogP contribution is -2.42. The first kappa shape index (κ1) is 16.1. The number of hydrazone groups is 1. The summed E-state index contributed by atoms with van der Waals surface area (Å²) in [5, 5.41) is 3.97. The number of pyridine rings is 1. The molecular formula is C17H23N3O3. The van der Waals surface area contributed by atoms with Gasteiger partial charge >= 0.3 is 0 Å². The Morgan fingerprint density at radius 2 is 2.30 bits per heavy atom. The first-order valence-corrected chi connectivity index (χ1v) is 8.28. The molecule has 124 valence electrons. The average molecular weight is 317 g/mol. The lowest BCUT2D eigenvalue weighted by molar-refractivity contribution is -0.213. The van der Waals surface area contributed by atoms with Crippen molar-refractivity contribution in [2.45, 2.75) is 44.3 Å². The average Bonchev–Trinajstić information content (AvgIpc) is 3.04. The molecule has 2 aliphatic rings. The second-order valence-electron chi connectivity index (χ2n) is 6.07. The molecule has 23 heavy (non-hydrogen) atoms. The van der Waals surface area contributed by atoms with Crippen molar-refractivity contribution in [3.05, 3.63) is 30.1 Å². The molecule has 1 amide bonds. The van der Waals surface area contributed by atoms with Crippen LogP contribution >= 0.6 is 0 Å². The zero-order chi connectivity index (χ0) is 16.0. The van der Waals surface area contributed by atoms with Gasteiger partial charge in [0.05, 0.1) is 19.4 Å². The van der Waals surface area contributed by atoms with Crippen LogP contribution in [0.25, 0.3) is 0 Å². The number of rotatable bonds is 5. The molecule has 1 spiro atoms. The van der Waals surface area contributed by atoms with Crippen molar-refractivity contribution in [3.8, 4) is 0 Å². The molecular weight excluding hydrogens is 294 g/mol. The molecule has 1 saturated heterocycles.